The fourth-order valence-electron chi connectivity index (χ4n) is 2.63. The number of rotatable bonds is 10. The number of halogens is 5. The van der Waals surface area contributed by atoms with E-state index in [1.54, 1.807) is 35.8 Å². The molecule has 194 valence electrons. The third-order valence-corrected chi connectivity index (χ3v) is 6.54. The predicted molar refractivity (Wildman–Crippen MR) is 137 cm³/mol. The third kappa shape index (κ3) is 8.75. The Morgan fingerprint density at radius 3 is 2.19 bits per heavy atom. The minimum absolute atomic E-state index is 0.0166. The van der Waals surface area contributed by atoms with Gasteiger partial charge in [0.25, 0.3) is 5.96 Å². The number of hydrazine groups is 1. The van der Waals surface area contributed by atoms with E-state index in [-0.39, 0.29) is 56.9 Å². The molecule has 0 saturated heterocycles. The minimum Gasteiger partial charge on any atom is -0.445 e. The van der Waals surface area contributed by atoms with Crippen LogP contribution in [0, 0.1) is 10.1 Å². The zero-order valence-electron chi connectivity index (χ0n) is 18.1. The van der Waals surface area contributed by atoms with Gasteiger partial charge in [0.2, 0.25) is 0 Å². The summed E-state index contributed by atoms with van der Waals surface area (Å²) in [5, 5.41) is 10.9. The molecule has 0 bridgehead atoms. The van der Waals surface area contributed by atoms with Gasteiger partial charge in [0.15, 0.2) is 10.8 Å². The Balaban J connectivity index is 2.14. The molecular formula is C20H18Cl5N5O6. The summed E-state index contributed by atoms with van der Waals surface area (Å²) in [5.41, 5.74) is 7.76. The van der Waals surface area contributed by atoms with Crippen LogP contribution >= 0.6 is 58.0 Å². The summed E-state index contributed by atoms with van der Waals surface area (Å²) < 4.78 is 10.4. The number of guanidine groups is 1. The highest BCUT2D eigenvalue weighted by Crippen LogP contribution is 2.48. The number of carbonyl (C=O) groups is 2. The molecule has 1 atom stereocenters. The van der Waals surface area contributed by atoms with Crippen molar-refractivity contribution in [1.29, 1.82) is 0 Å². The van der Waals surface area contributed by atoms with Gasteiger partial charge in [-0.05, 0) is 18.4 Å². The molecule has 2 rings (SSSR count). The average molecular weight is 602 g/mol. The standard InChI is InChI=1S/C20H18Cl5N5O6/c21-12-13(22)15(24)17(16(25)14(12)23)36-18(31)11(7-4-8-27-19(26)29-30(33)34)28-20(32)35-9-10-5-2-1-3-6-10/h1-3,5-6,11H,4,7-9H2,(H,28,32)(H3,26,27,29)/t11-/m0/s1. The molecule has 1 amide bonds. The lowest BCUT2D eigenvalue weighted by Crippen LogP contribution is -2.43. The number of nitro groups is 1. The topological polar surface area (TPSA) is 158 Å². The van der Waals surface area contributed by atoms with Crippen LogP contribution in [-0.4, -0.2) is 35.6 Å². The smallest absolute Gasteiger partial charge is 0.408 e. The van der Waals surface area contributed by atoms with Gasteiger partial charge < -0.3 is 20.5 Å². The largest absolute Gasteiger partial charge is 0.445 e. The minimum atomic E-state index is -1.27. The molecule has 0 saturated carbocycles. The molecule has 0 radical (unpaired) electrons. The summed E-state index contributed by atoms with van der Waals surface area (Å²) >= 11 is 30.2. The Bertz CT molecular complexity index is 1120. The van der Waals surface area contributed by atoms with E-state index in [0.29, 0.717) is 0 Å². The van der Waals surface area contributed by atoms with Crippen molar-refractivity contribution >= 4 is 76.0 Å². The van der Waals surface area contributed by atoms with Crippen LogP contribution in [0.3, 0.4) is 0 Å². The molecule has 0 aromatic heterocycles. The SMILES string of the molecule is NC(=NCCC[C@H](NC(=O)OCc1ccccc1)C(=O)Oc1c(Cl)c(Cl)c(Cl)c(Cl)c1Cl)N[N+](=O)[O-]. The van der Waals surface area contributed by atoms with Gasteiger partial charge in [-0.15, -0.1) is 0 Å². The van der Waals surface area contributed by atoms with Crippen LogP contribution in [0.15, 0.2) is 35.3 Å². The predicted octanol–water partition coefficient (Wildman–Crippen LogP) is 5.03. The second-order valence-corrected chi connectivity index (χ2v) is 8.75. The second kappa shape index (κ2) is 14.1. The van der Waals surface area contributed by atoms with Crippen molar-refractivity contribution in [1.82, 2.24) is 10.7 Å². The Kier molecular flexibility index (Phi) is 11.6. The van der Waals surface area contributed by atoms with Gasteiger partial charge in [-0.25, -0.2) is 24.7 Å². The lowest BCUT2D eigenvalue weighted by molar-refractivity contribution is -0.525. The highest BCUT2D eigenvalue weighted by Gasteiger charge is 2.28. The van der Waals surface area contributed by atoms with E-state index in [1.807, 2.05) is 0 Å². The second-order valence-electron chi connectivity index (χ2n) is 6.86. The Hall–Kier alpha value is -2.70. The Morgan fingerprint density at radius 1 is 1.03 bits per heavy atom. The molecule has 11 nitrogen and oxygen atoms in total. The van der Waals surface area contributed by atoms with Crippen molar-refractivity contribution in [3.8, 4) is 5.75 Å². The van der Waals surface area contributed by atoms with Crippen LogP contribution in [0.1, 0.15) is 18.4 Å². The van der Waals surface area contributed by atoms with Crippen LogP contribution in [0.2, 0.25) is 25.1 Å². The van der Waals surface area contributed by atoms with Crippen LogP contribution in [0.4, 0.5) is 4.79 Å². The number of hydrogen-bond acceptors (Lipinski definition) is 7. The van der Waals surface area contributed by atoms with Crippen molar-refractivity contribution < 1.29 is 24.1 Å². The number of ether oxygens (including phenoxy) is 2. The van der Waals surface area contributed by atoms with Gasteiger partial charge in [0, 0.05) is 6.54 Å². The number of benzene rings is 2. The summed E-state index contributed by atoms with van der Waals surface area (Å²) in [5.74, 6) is -1.77. The molecular weight excluding hydrogens is 584 g/mol. The Morgan fingerprint density at radius 2 is 1.61 bits per heavy atom. The fraction of sp³-hybridized carbons (Fsp3) is 0.250. The van der Waals surface area contributed by atoms with Gasteiger partial charge in [0.1, 0.15) is 22.7 Å². The molecule has 4 N–H and O–H groups in total. The van der Waals surface area contributed by atoms with E-state index < -0.39 is 29.1 Å². The van der Waals surface area contributed by atoms with Crippen molar-refractivity contribution in [3.05, 3.63) is 71.1 Å². The zero-order valence-corrected chi connectivity index (χ0v) is 21.9. The first-order valence-corrected chi connectivity index (χ1v) is 11.8. The van der Waals surface area contributed by atoms with Gasteiger partial charge in [0.05, 0.1) is 15.1 Å². The molecule has 36 heavy (non-hydrogen) atoms. The van der Waals surface area contributed by atoms with Gasteiger partial charge in [-0.2, -0.15) is 0 Å². The third-order valence-electron chi connectivity index (χ3n) is 4.30. The van der Waals surface area contributed by atoms with Gasteiger partial charge in [-0.3, -0.25) is 0 Å². The van der Waals surface area contributed by atoms with E-state index in [0.717, 1.165) is 5.56 Å². The van der Waals surface area contributed by atoms with E-state index in [2.05, 4.69) is 10.3 Å². The summed E-state index contributed by atoms with van der Waals surface area (Å²) in [4.78, 5) is 39.4. The average Bonchev–Trinajstić information content (AvgIpc) is 2.84. The molecule has 0 aliphatic carbocycles. The summed E-state index contributed by atoms with van der Waals surface area (Å²) in [7, 11) is 0. The number of nitrogens with two attached hydrogens (primary N) is 1. The van der Waals surface area contributed by atoms with Crippen LogP contribution in [-0.2, 0) is 16.1 Å². The number of hydrogen-bond donors (Lipinski definition) is 3. The molecule has 0 fully saturated rings. The number of amides is 1. The van der Waals surface area contributed by atoms with E-state index >= 15 is 0 Å². The van der Waals surface area contributed by atoms with Crippen LogP contribution < -0.4 is 21.2 Å². The van der Waals surface area contributed by atoms with Gasteiger partial charge in [-0.1, -0.05) is 93.8 Å². The molecule has 2 aromatic carbocycles. The molecule has 0 aliphatic rings. The molecule has 0 heterocycles. The molecule has 0 spiro atoms. The van der Waals surface area contributed by atoms with Crippen LogP contribution in [0.5, 0.6) is 5.75 Å². The van der Waals surface area contributed by atoms with Crippen molar-refractivity contribution in [2.75, 3.05) is 6.54 Å². The summed E-state index contributed by atoms with van der Waals surface area (Å²) in [6.45, 7) is -0.0702. The van der Waals surface area contributed by atoms with E-state index in [9.17, 15) is 19.7 Å². The maximum absolute atomic E-state index is 12.9. The number of nitrogens with one attached hydrogen (secondary N) is 2. The van der Waals surface area contributed by atoms with Crippen molar-refractivity contribution in [2.24, 2.45) is 10.7 Å². The normalized spacial score (nSPS) is 12.0. The monoisotopic (exact) mass is 599 g/mol. The lowest BCUT2D eigenvalue weighted by atomic mass is 10.1. The van der Waals surface area contributed by atoms with Gasteiger partial charge >= 0.3 is 12.1 Å². The highest BCUT2D eigenvalue weighted by atomic mass is 35.5. The number of alkyl carbamates (subject to hydrolysis) is 1. The number of carbonyl (C=O) groups excluding carboxylic acids is 2. The maximum Gasteiger partial charge on any atom is 0.408 e. The summed E-state index contributed by atoms with van der Waals surface area (Å²) in [6.07, 6.45) is -0.787. The first-order valence-electron chi connectivity index (χ1n) is 9.92. The number of nitrogens with zero attached hydrogens (tertiary/aromatic N) is 2. The van der Waals surface area contributed by atoms with E-state index in [4.69, 9.17) is 73.2 Å². The lowest BCUT2D eigenvalue weighted by Gasteiger charge is -2.19. The highest BCUT2D eigenvalue weighted by molar-refractivity contribution is 6.55. The molecule has 16 heteroatoms. The fourth-order valence-corrected chi connectivity index (χ4v) is 3.82. The van der Waals surface area contributed by atoms with Crippen molar-refractivity contribution in [2.45, 2.75) is 25.5 Å². The first-order chi connectivity index (χ1) is 17.0. The zero-order chi connectivity index (χ0) is 26.8. The van der Waals surface area contributed by atoms with Crippen LogP contribution in [0.25, 0.3) is 0 Å². The number of esters is 1. The number of aliphatic imine (C=N–C) groups is 1. The maximum atomic E-state index is 12.9. The van der Waals surface area contributed by atoms with Crippen molar-refractivity contribution in [3.63, 3.8) is 0 Å². The molecule has 0 aliphatic heterocycles. The summed E-state index contributed by atoms with van der Waals surface area (Å²) in [6, 6.07) is 7.57. The van der Waals surface area contributed by atoms with E-state index in [1.165, 1.54) is 0 Å². The quantitative estimate of drug-likeness (QED) is 0.0394. The Labute approximate surface area is 229 Å². The molecule has 0 unspecified atom stereocenters. The first kappa shape index (κ1) is 29.5. The molecule has 2 aromatic rings.